The summed E-state index contributed by atoms with van der Waals surface area (Å²) in [5.41, 5.74) is 0.881. The molecule has 0 spiro atoms. The van der Waals surface area contributed by atoms with Crippen LogP contribution in [0.5, 0.6) is 0 Å². The van der Waals surface area contributed by atoms with Gasteiger partial charge in [-0.2, -0.15) is 0 Å². The Labute approximate surface area is 109 Å². The smallest absolute Gasteiger partial charge is 0.167 e. The van der Waals surface area contributed by atoms with E-state index in [9.17, 15) is 4.79 Å². The Kier molecular flexibility index (Phi) is 5.83. The zero-order chi connectivity index (χ0) is 12.0. The molecule has 5 heteroatoms. The number of carbonyl (C=O) groups excluding carboxylic acids is 1. The molecule has 1 fully saturated rings. The standard InChI is InChI=1S/C10H13NO.CH4INO/c1-11-6-2-3-9(7-11)10(12)8-4-5-8;1-4-3-2/h2-3,7-8H,4-6H2,1H3;2H,1H3. The molecule has 0 aromatic rings. The summed E-state index contributed by atoms with van der Waals surface area (Å²) in [4.78, 5) is 17.8. The van der Waals surface area contributed by atoms with Crippen LogP contribution in [0.15, 0.2) is 27.2 Å². The van der Waals surface area contributed by atoms with Gasteiger partial charge in [0.05, 0.1) is 7.11 Å². The number of allylic oxidation sites excluding steroid dienone is 2. The van der Waals surface area contributed by atoms with E-state index >= 15 is 0 Å². The predicted molar refractivity (Wildman–Crippen MR) is 72.4 cm³/mol. The molecular formula is C11H17IN2O2. The molecular weight excluding hydrogens is 319 g/mol. The van der Waals surface area contributed by atoms with Crippen molar-refractivity contribution in [2.75, 3.05) is 20.7 Å². The first-order chi connectivity index (χ1) is 7.69. The topological polar surface area (TPSA) is 41.9 Å². The summed E-state index contributed by atoms with van der Waals surface area (Å²) in [5, 5.41) is 0. The van der Waals surface area contributed by atoms with Gasteiger partial charge >= 0.3 is 0 Å². The quantitative estimate of drug-likeness (QED) is 0.586. The van der Waals surface area contributed by atoms with Gasteiger partial charge in [-0.25, -0.2) is 0 Å². The van der Waals surface area contributed by atoms with Crippen molar-refractivity contribution in [1.82, 2.24) is 4.90 Å². The monoisotopic (exact) mass is 336 g/mol. The van der Waals surface area contributed by atoms with E-state index in [-0.39, 0.29) is 0 Å². The van der Waals surface area contributed by atoms with Crippen molar-refractivity contribution in [2.45, 2.75) is 12.8 Å². The minimum atomic E-state index is 0.331. The van der Waals surface area contributed by atoms with Crippen LogP contribution in [0.25, 0.3) is 0 Å². The molecule has 0 N–H and O–H groups in total. The first-order valence-corrected chi connectivity index (χ1v) is 6.22. The Morgan fingerprint density at radius 3 is 2.69 bits per heavy atom. The van der Waals surface area contributed by atoms with Gasteiger partial charge in [0.1, 0.15) is 0 Å². The molecule has 1 aliphatic carbocycles. The molecule has 16 heavy (non-hydrogen) atoms. The molecule has 4 nitrogen and oxygen atoms in total. The van der Waals surface area contributed by atoms with Crippen LogP contribution in [0.1, 0.15) is 12.8 Å². The molecule has 0 aromatic heterocycles. The van der Waals surface area contributed by atoms with Gasteiger partial charge in [-0.1, -0.05) is 12.2 Å². The number of likely N-dealkylation sites (N-methyl/N-ethyl adjacent to an activating group) is 1. The fourth-order valence-corrected chi connectivity index (χ4v) is 1.41. The number of carbonyl (C=O) groups is 1. The van der Waals surface area contributed by atoms with Gasteiger partial charge < -0.3 is 4.90 Å². The highest BCUT2D eigenvalue weighted by atomic mass is 127. The van der Waals surface area contributed by atoms with Crippen LogP contribution in [-0.4, -0.2) is 31.4 Å². The van der Waals surface area contributed by atoms with Crippen molar-refractivity contribution in [3.8, 4) is 0 Å². The van der Waals surface area contributed by atoms with E-state index in [0.717, 1.165) is 25.0 Å². The minimum absolute atomic E-state index is 0.331. The van der Waals surface area contributed by atoms with Gasteiger partial charge in [0.15, 0.2) is 5.78 Å². The Hall–Kier alpha value is -0.560. The summed E-state index contributed by atoms with van der Waals surface area (Å²) in [7, 11) is 3.51. The molecule has 1 saturated carbocycles. The molecule has 90 valence electrons. The maximum atomic E-state index is 11.6. The van der Waals surface area contributed by atoms with Crippen molar-refractivity contribution in [3.63, 3.8) is 0 Å². The average molecular weight is 336 g/mol. The second-order valence-electron chi connectivity index (χ2n) is 3.82. The number of rotatable bonds is 3. The van der Waals surface area contributed by atoms with Crippen molar-refractivity contribution in [1.29, 1.82) is 0 Å². The van der Waals surface area contributed by atoms with Gasteiger partial charge in [-0.3, -0.25) is 9.63 Å². The Morgan fingerprint density at radius 2 is 2.25 bits per heavy atom. The van der Waals surface area contributed by atoms with Crippen molar-refractivity contribution in [2.24, 2.45) is 9.23 Å². The molecule has 0 amide bonds. The second-order valence-corrected chi connectivity index (χ2v) is 4.25. The van der Waals surface area contributed by atoms with Gasteiger partial charge in [0, 0.05) is 53.7 Å². The molecule has 0 saturated heterocycles. The Morgan fingerprint density at radius 1 is 1.62 bits per heavy atom. The number of Topliss-reactive ketones (excluding diaryl/α,β-unsaturated/α-hetero) is 1. The van der Waals surface area contributed by atoms with Crippen molar-refractivity contribution >= 4 is 28.2 Å². The zero-order valence-electron chi connectivity index (χ0n) is 9.55. The van der Waals surface area contributed by atoms with E-state index < -0.39 is 0 Å². The maximum Gasteiger partial charge on any atom is 0.167 e. The van der Waals surface area contributed by atoms with Crippen LogP contribution in [0.2, 0.25) is 0 Å². The molecule has 0 atom stereocenters. The fourth-order valence-electron chi connectivity index (χ4n) is 1.41. The minimum Gasteiger partial charge on any atom is -0.376 e. The van der Waals surface area contributed by atoms with Crippen LogP contribution < -0.4 is 0 Å². The molecule has 2 rings (SSSR count). The summed E-state index contributed by atoms with van der Waals surface area (Å²) in [6.07, 6.45) is 8.11. The van der Waals surface area contributed by atoms with Gasteiger partial charge in [0.2, 0.25) is 0 Å². The summed E-state index contributed by atoms with van der Waals surface area (Å²) >= 11 is 1.53. The summed E-state index contributed by atoms with van der Waals surface area (Å²) in [5.74, 6) is 0.671. The summed E-state index contributed by atoms with van der Waals surface area (Å²) in [6, 6.07) is 0. The van der Waals surface area contributed by atoms with E-state index in [0.29, 0.717) is 11.7 Å². The lowest BCUT2D eigenvalue weighted by Crippen LogP contribution is -2.17. The molecule has 0 unspecified atom stereocenters. The third-order valence-electron chi connectivity index (χ3n) is 2.36. The molecule has 0 bridgehead atoms. The third kappa shape index (κ3) is 4.52. The number of nitrogens with zero attached hydrogens (tertiary/aromatic N) is 2. The molecule has 2 aliphatic rings. The lowest BCUT2D eigenvalue weighted by molar-refractivity contribution is -0.116. The molecule has 1 heterocycles. The van der Waals surface area contributed by atoms with Crippen LogP contribution in [-0.2, 0) is 9.63 Å². The predicted octanol–water partition coefficient (Wildman–Crippen LogP) is 2.25. The second kappa shape index (κ2) is 6.90. The zero-order valence-corrected chi connectivity index (χ0v) is 11.9. The van der Waals surface area contributed by atoms with Crippen LogP contribution >= 0.6 is 22.4 Å². The SMILES string of the molecule is CN1C=C(C(=O)C2CC2)C=CC1.CON=[IH]. The molecule has 0 aromatic carbocycles. The lowest BCUT2D eigenvalue weighted by atomic mass is 10.1. The van der Waals surface area contributed by atoms with Crippen LogP contribution in [0.4, 0.5) is 0 Å². The van der Waals surface area contributed by atoms with E-state index in [4.69, 9.17) is 0 Å². The summed E-state index contributed by atoms with van der Waals surface area (Å²) < 4.78 is 3.25. The van der Waals surface area contributed by atoms with Gasteiger partial charge in [-0.15, -0.1) is 3.31 Å². The molecule has 1 aliphatic heterocycles. The molecule has 0 radical (unpaired) electrons. The number of halogens is 1. The normalized spacial score (nSPS) is 18.4. The van der Waals surface area contributed by atoms with Gasteiger partial charge in [-0.05, 0) is 12.8 Å². The van der Waals surface area contributed by atoms with Gasteiger partial charge in [0.25, 0.3) is 0 Å². The highest BCUT2D eigenvalue weighted by molar-refractivity contribution is 14.1. The highest BCUT2D eigenvalue weighted by Gasteiger charge is 2.31. The maximum absolute atomic E-state index is 11.6. The van der Waals surface area contributed by atoms with E-state index in [1.54, 1.807) is 0 Å². The number of hydrogen-bond acceptors (Lipinski definition) is 4. The number of hydrogen-bond donors (Lipinski definition) is 0. The largest absolute Gasteiger partial charge is 0.376 e. The first kappa shape index (κ1) is 13.5. The third-order valence-corrected chi connectivity index (χ3v) is 2.78. The van der Waals surface area contributed by atoms with Crippen molar-refractivity contribution in [3.05, 3.63) is 23.9 Å². The Bertz CT molecular complexity index is 322. The highest BCUT2D eigenvalue weighted by Crippen LogP contribution is 2.32. The lowest BCUT2D eigenvalue weighted by Gasteiger charge is -2.16. The van der Waals surface area contributed by atoms with Crippen molar-refractivity contribution < 1.29 is 9.63 Å². The van der Waals surface area contributed by atoms with Crippen LogP contribution in [0, 0.1) is 5.92 Å². The van der Waals surface area contributed by atoms with E-state index in [1.807, 2.05) is 30.3 Å². The first-order valence-electron chi connectivity index (χ1n) is 5.17. The van der Waals surface area contributed by atoms with Crippen LogP contribution in [0.3, 0.4) is 0 Å². The number of ketones is 1. The van der Waals surface area contributed by atoms with E-state index in [1.165, 1.54) is 29.5 Å². The Balaban J connectivity index is 0.000000280. The average Bonchev–Trinajstić information content (AvgIpc) is 3.12. The van der Waals surface area contributed by atoms with E-state index in [2.05, 4.69) is 8.15 Å². The summed E-state index contributed by atoms with van der Waals surface area (Å²) in [6.45, 7) is 0.918. The fraction of sp³-hybridized carbons (Fsp3) is 0.545.